The van der Waals surface area contributed by atoms with E-state index in [-0.39, 0.29) is 41.9 Å². The molecule has 0 aromatic heterocycles. The molecule has 7 amide bonds. The van der Waals surface area contributed by atoms with Crippen LogP contribution in [0.4, 0.5) is 14.0 Å². The number of carbonyl (C=O) groups is 6. The molecular formula is C55H37FN4O7. The highest BCUT2D eigenvalue weighted by Gasteiger charge is 2.60. The van der Waals surface area contributed by atoms with Crippen molar-refractivity contribution in [1.29, 1.82) is 0 Å². The van der Waals surface area contributed by atoms with E-state index in [1.807, 2.05) is 66.7 Å². The molecule has 12 heteroatoms. The number of imide groups is 3. The van der Waals surface area contributed by atoms with Crippen molar-refractivity contribution in [3.63, 3.8) is 0 Å². The van der Waals surface area contributed by atoms with Gasteiger partial charge in [0.05, 0.1) is 0 Å². The van der Waals surface area contributed by atoms with Crippen LogP contribution < -0.4 is 21.3 Å². The molecule has 15 rings (SSSR count). The third kappa shape index (κ3) is 4.60. The molecule has 3 heterocycles. The lowest BCUT2D eigenvalue weighted by Crippen LogP contribution is -2.43. The summed E-state index contributed by atoms with van der Waals surface area (Å²) in [4.78, 5) is 79.9. The molecule has 0 bridgehead atoms. The van der Waals surface area contributed by atoms with Crippen LogP contribution in [0.1, 0.15) is 117 Å². The highest BCUT2D eigenvalue weighted by molar-refractivity contribution is 6.15. The summed E-state index contributed by atoms with van der Waals surface area (Å²) in [6, 6.07) is 37.2. The Kier molecular flexibility index (Phi) is 6.71. The van der Waals surface area contributed by atoms with Crippen molar-refractivity contribution < 1.29 is 37.9 Å². The zero-order valence-corrected chi connectivity index (χ0v) is 35.6. The number of alkyl halides is 1. The molecule has 3 saturated heterocycles. The fourth-order valence-electron chi connectivity index (χ4n) is 13.1. The molecule has 326 valence electrons. The lowest BCUT2D eigenvalue weighted by atomic mass is 9.76. The molecule has 3 saturated carbocycles. The molecular weight excluding hydrogens is 848 g/mol. The minimum atomic E-state index is -1.67. The number of ether oxygens (including phenoxy) is 1. The smallest absolute Gasteiger partial charge is 0.415 e. The first-order valence-electron chi connectivity index (χ1n) is 23.0. The van der Waals surface area contributed by atoms with E-state index < -0.39 is 46.2 Å². The first kappa shape index (κ1) is 37.5. The maximum Gasteiger partial charge on any atom is 0.415 e. The number of hydrogen-bond acceptors (Lipinski definition) is 7. The van der Waals surface area contributed by atoms with Gasteiger partial charge in [0.1, 0.15) is 11.1 Å². The Balaban J connectivity index is 0.749. The average Bonchev–Trinajstić information content (AvgIpc) is 4.28. The minimum Gasteiger partial charge on any atom is -0.422 e. The van der Waals surface area contributed by atoms with E-state index in [2.05, 4.69) is 57.7 Å². The van der Waals surface area contributed by atoms with Crippen LogP contribution in [0.5, 0.6) is 0 Å². The minimum absolute atomic E-state index is 0.0549. The van der Waals surface area contributed by atoms with Gasteiger partial charge in [0.2, 0.25) is 17.4 Å². The quantitative estimate of drug-likeness (QED) is 0.101. The number of carbonyl (C=O) groups excluding carboxylic acids is 6. The SMILES string of the molecule is O=C1CC2(C(=O)N1)c1ccccc1-c1ccc(C3CC3c3ccc4c(c3)C3(OC(=O)NC3=O)c3cc(C5CC5c5ccc6c(c5)C5(NC(=O)NC5=O)c5cc(C7(F)CC7)ccc5-6)ccc3-4)cc12. The Morgan fingerprint density at radius 2 is 1.00 bits per heavy atom. The number of benzene rings is 6. The van der Waals surface area contributed by atoms with E-state index >= 15 is 4.39 Å². The number of amides is 7. The lowest BCUT2D eigenvalue weighted by Gasteiger charge is -2.24. The molecule has 4 N–H and O–H groups in total. The number of alkyl carbamates (subject to hydrolysis) is 1. The van der Waals surface area contributed by atoms with E-state index in [1.165, 1.54) is 0 Å². The molecule has 9 aliphatic rings. The molecule has 6 fully saturated rings. The van der Waals surface area contributed by atoms with Gasteiger partial charge in [-0.2, -0.15) is 0 Å². The Morgan fingerprint density at radius 1 is 0.493 bits per heavy atom. The molecule has 7 unspecified atom stereocenters. The summed E-state index contributed by atoms with van der Waals surface area (Å²) in [5.74, 6) is -1.25. The van der Waals surface area contributed by atoms with Gasteiger partial charge in [-0.1, -0.05) is 97.1 Å². The number of halogens is 1. The van der Waals surface area contributed by atoms with Crippen LogP contribution in [0.15, 0.2) is 115 Å². The highest BCUT2D eigenvalue weighted by Crippen LogP contribution is 2.63. The molecule has 7 atom stereocenters. The van der Waals surface area contributed by atoms with Crippen LogP contribution in [0.25, 0.3) is 33.4 Å². The van der Waals surface area contributed by atoms with Crippen LogP contribution in [0.3, 0.4) is 0 Å². The second kappa shape index (κ2) is 12.0. The lowest BCUT2D eigenvalue weighted by molar-refractivity contribution is -0.129. The highest BCUT2D eigenvalue weighted by atomic mass is 19.1. The standard InChI is InChI=1S/C55H37FN4O7/c56-52(15-16-52)29-9-14-33-32-11-6-26(18-42(32)54(43(33)21-29)48(63)58-50(65)60-54)37-23-39(37)28-8-13-35-34-12-7-27(19-44(34)55(45(35)20-28)49(64)59-51(66)67-55)38-22-36(38)25-5-10-31-30-3-1-2-4-40(30)53(41(31)17-25)24-46(61)57-47(53)62/h1-14,17-21,36-39H,15-16,22-24H2,(H,57,61,62)(H,59,64,66)(H2,58,60,63,65). The van der Waals surface area contributed by atoms with E-state index in [0.717, 1.165) is 79.6 Å². The van der Waals surface area contributed by atoms with E-state index in [0.29, 0.717) is 40.7 Å². The first-order chi connectivity index (χ1) is 32.4. The van der Waals surface area contributed by atoms with Crippen molar-refractivity contribution >= 4 is 35.8 Å². The summed E-state index contributed by atoms with van der Waals surface area (Å²) < 4.78 is 21.4. The van der Waals surface area contributed by atoms with Crippen LogP contribution in [-0.2, 0) is 46.1 Å². The Morgan fingerprint density at radius 3 is 1.52 bits per heavy atom. The van der Waals surface area contributed by atoms with Crippen molar-refractivity contribution in [3.8, 4) is 33.4 Å². The van der Waals surface area contributed by atoms with Crippen molar-refractivity contribution in [1.82, 2.24) is 21.3 Å². The number of hydrogen-bond donors (Lipinski definition) is 4. The monoisotopic (exact) mass is 884 g/mol. The third-order valence-electron chi connectivity index (χ3n) is 16.7. The van der Waals surface area contributed by atoms with Crippen LogP contribution in [-0.4, -0.2) is 35.8 Å². The summed E-state index contributed by atoms with van der Waals surface area (Å²) in [6.45, 7) is 0. The van der Waals surface area contributed by atoms with Crippen molar-refractivity contribution in [2.75, 3.05) is 0 Å². The number of urea groups is 1. The van der Waals surface area contributed by atoms with Crippen LogP contribution >= 0.6 is 0 Å². The maximum atomic E-state index is 15.4. The van der Waals surface area contributed by atoms with E-state index in [9.17, 15) is 28.8 Å². The van der Waals surface area contributed by atoms with Gasteiger partial charge in [0.25, 0.3) is 11.8 Å². The van der Waals surface area contributed by atoms with Gasteiger partial charge in [0.15, 0.2) is 5.54 Å². The van der Waals surface area contributed by atoms with Gasteiger partial charge >= 0.3 is 12.1 Å². The average molecular weight is 885 g/mol. The van der Waals surface area contributed by atoms with Crippen LogP contribution in [0.2, 0.25) is 0 Å². The zero-order chi connectivity index (χ0) is 45.1. The molecule has 6 aliphatic carbocycles. The fraction of sp³-hybridized carbons (Fsp3) is 0.236. The third-order valence-corrected chi connectivity index (χ3v) is 16.7. The Bertz CT molecular complexity index is 3490. The Labute approximate surface area is 381 Å². The molecule has 11 nitrogen and oxygen atoms in total. The number of rotatable bonds is 5. The van der Waals surface area contributed by atoms with Gasteiger partial charge in [-0.3, -0.25) is 35.1 Å². The van der Waals surface area contributed by atoms with E-state index in [4.69, 9.17) is 4.74 Å². The fourth-order valence-corrected chi connectivity index (χ4v) is 13.1. The second-order valence-electron chi connectivity index (χ2n) is 20.0. The molecule has 0 radical (unpaired) electrons. The molecule has 3 spiro atoms. The maximum absolute atomic E-state index is 15.4. The summed E-state index contributed by atoms with van der Waals surface area (Å²) in [6.07, 6.45) is 1.74. The summed E-state index contributed by atoms with van der Waals surface area (Å²) in [5.41, 5.74) is 8.28. The van der Waals surface area contributed by atoms with Gasteiger partial charge in [-0.05, 0) is 151 Å². The van der Waals surface area contributed by atoms with Gasteiger partial charge < -0.3 is 10.1 Å². The Hall–Kier alpha value is -7.73. The second-order valence-corrected chi connectivity index (χ2v) is 20.0. The predicted octanol–water partition coefficient (Wildman–Crippen LogP) is 8.05. The van der Waals surface area contributed by atoms with Crippen molar-refractivity contribution in [2.45, 2.75) is 78.0 Å². The number of fused-ring (bicyclic) bond motifs is 15. The van der Waals surface area contributed by atoms with Crippen molar-refractivity contribution in [3.05, 3.63) is 176 Å². The van der Waals surface area contributed by atoms with Gasteiger partial charge in [-0.15, -0.1) is 0 Å². The van der Waals surface area contributed by atoms with E-state index in [1.54, 1.807) is 12.1 Å². The molecule has 3 aliphatic heterocycles. The summed E-state index contributed by atoms with van der Waals surface area (Å²) in [7, 11) is 0. The first-order valence-corrected chi connectivity index (χ1v) is 23.0. The normalized spacial score (nSPS) is 29.7. The molecule has 6 aromatic carbocycles. The number of nitrogens with one attached hydrogen (secondary N) is 4. The van der Waals surface area contributed by atoms with Gasteiger partial charge in [-0.25, -0.2) is 14.0 Å². The summed E-state index contributed by atoms with van der Waals surface area (Å²) >= 11 is 0. The van der Waals surface area contributed by atoms with Gasteiger partial charge in [0, 0.05) is 17.5 Å². The topological polar surface area (TPSA) is 160 Å². The molecule has 67 heavy (non-hydrogen) atoms. The predicted molar refractivity (Wildman–Crippen MR) is 239 cm³/mol. The zero-order valence-electron chi connectivity index (χ0n) is 35.6. The van der Waals surface area contributed by atoms with Crippen molar-refractivity contribution in [2.24, 2.45) is 0 Å². The largest absolute Gasteiger partial charge is 0.422 e. The molecule has 6 aromatic rings. The van der Waals surface area contributed by atoms with Crippen LogP contribution in [0, 0.1) is 0 Å². The summed E-state index contributed by atoms with van der Waals surface area (Å²) in [5, 5.41) is 10.3.